The number of rotatable bonds is 2. The Morgan fingerprint density at radius 3 is 2.93 bits per heavy atom. The van der Waals surface area contributed by atoms with E-state index in [1.807, 2.05) is 9.78 Å². The Hall–Kier alpha value is -0.870. The van der Waals surface area contributed by atoms with Gasteiger partial charge in [0.2, 0.25) is 0 Å². The van der Waals surface area contributed by atoms with Crippen LogP contribution in [0.1, 0.15) is 35.9 Å². The SMILES string of the molecule is CC(C)c1csc2nc(Cl)c(C=O)n12. The maximum Gasteiger partial charge on any atom is 0.195 e. The van der Waals surface area contributed by atoms with E-state index in [-0.39, 0.29) is 5.15 Å². The van der Waals surface area contributed by atoms with Crippen LogP contribution in [0.2, 0.25) is 5.15 Å². The van der Waals surface area contributed by atoms with E-state index in [0.717, 1.165) is 16.9 Å². The molecule has 0 radical (unpaired) electrons. The highest BCUT2D eigenvalue weighted by atomic mass is 35.5. The van der Waals surface area contributed by atoms with Crippen LogP contribution >= 0.6 is 22.9 Å². The molecular formula is C9H9ClN2OS. The van der Waals surface area contributed by atoms with E-state index in [1.54, 1.807) is 0 Å². The van der Waals surface area contributed by atoms with E-state index in [0.29, 0.717) is 11.6 Å². The van der Waals surface area contributed by atoms with E-state index < -0.39 is 0 Å². The first-order valence-electron chi connectivity index (χ1n) is 4.25. The lowest BCUT2D eigenvalue weighted by Crippen LogP contribution is -1.97. The third-order valence-corrected chi connectivity index (χ3v) is 3.21. The number of carbonyl (C=O) groups is 1. The molecule has 14 heavy (non-hydrogen) atoms. The second kappa shape index (κ2) is 3.37. The van der Waals surface area contributed by atoms with Crippen LogP contribution in [0.4, 0.5) is 0 Å². The summed E-state index contributed by atoms with van der Waals surface area (Å²) in [5, 5.41) is 2.30. The van der Waals surface area contributed by atoms with Crippen molar-refractivity contribution < 1.29 is 4.79 Å². The first-order valence-corrected chi connectivity index (χ1v) is 5.51. The van der Waals surface area contributed by atoms with Gasteiger partial charge in [-0.3, -0.25) is 9.20 Å². The number of thiazole rings is 1. The van der Waals surface area contributed by atoms with Crippen molar-refractivity contribution in [1.29, 1.82) is 0 Å². The van der Waals surface area contributed by atoms with Crippen molar-refractivity contribution in [2.24, 2.45) is 0 Å². The Bertz CT molecular complexity index is 486. The lowest BCUT2D eigenvalue weighted by Gasteiger charge is -2.02. The topological polar surface area (TPSA) is 34.4 Å². The van der Waals surface area contributed by atoms with E-state index >= 15 is 0 Å². The van der Waals surface area contributed by atoms with E-state index in [9.17, 15) is 4.79 Å². The van der Waals surface area contributed by atoms with Crippen molar-refractivity contribution in [1.82, 2.24) is 9.38 Å². The van der Waals surface area contributed by atoms with E-state index in [1.165, 1.54) is 11.3 Å². The molecule has 0 aliphatic heterocycles. The molecule has 3 nitrogen and oxygen atoms in total. The highest BCUT2D eigenvalue weighted by Crippen LogP contribution is 2.27. The summed E-state index contributed by atoms with van der Waals surface area (Å²) in [6.07, 6.45) is 0.751. The summed E-state index contributed by atoms with van der Waals surface area (Å²) in [7, 11) is 0. The third kappa shape index (κ3) is 1.26. The molecule has 0 atom stereocenters. The molecule has 0 amide bonds. The lowest BCUT2D eigenvalue weighted by molar-refractivity contribution is 0.111. The molecule has 0 unspecified atom stereocenters. The Kier molecular flexibility index (Phi) is 2.33. The van der Waals surface area contributed by atoms with Crippen LogP contribution in [0.25, 0.3) is 4.96 Å². The molecule has 5 heteroatoms. The fourth-order valence-electron chi connectivity index (χ4n) is 1.38. The monoisotopic (exact) mass is 228 g/mol. The minimum atomic E-state index is 0.286. The molecular weight excluding hydrogens is 220 g/mol. The number of imidazole rings is 1. The highest BCUT2D eigenvalue weighted by Gasteiger charge is 2.15. The van der Waals surface area contributed by atoms with E-state index in [4.69, 9.17) is 11.6 Å². The van der Waals surface area contributed by atoms with Crippen LogP contribution in [-0.2, 0) is 0 Å². The summed E-state index contributed by atoms with van der Waals surface area (Å²) < 4.78 is 1.82. The van der Waals surface area contributed by atoms with Crippen molar-refractivity contribution in [3.8, 4) is 0 Å². The summed E-state index contributed by atoms with van der Waals surface area (Å²) in [6, 6.07) is 0. The number of carbonyl (C=O) groups excluding carboxylic acids is 1. The average Bonchev–Trinajstić information content (AvgIpc) is 2.61. The zero-order chi connectivity index (χ0) is 10.3. The van der Waals surface area contributed by atoms with Gasteiger partial charge >= 0.3 is 0 Å². The molecule has 0 saturated heterocycles. The zero-order valence-electron chi connectivity index (χ0n) is 7.82. The summed E-state index contributed by atoms with van der Waals surface area (Å²) >= 11 is 7.33. The average molecular weight is 229 g/mol. The number of nitrogens with zero attached hydrogens (tertiary/aromatic N) is 2. The van der Waals surface area contributed by atoms with Crippen LogP contribution in [0.5, 0.6) is 0 Å². The Morgan fingerprint density at radius 1 is 1.64 bits per heavy atom. The zero-order valence-corrected chi connectivity index (χ0v) is 9.39. The standard InChI is InChI=1S/C9H9ClN2OS/c1-5(2)7-4-14-9-11-8(10)6(3-13)12(7)9/h3-5H,1-2H3. The fraction of sp³-hybridized carbons (Fsp3) is 0.333. The molecule has 2 aromatic heterocycles. The lowest BCUT2D eigenvalue weighted by atomic mass is 10.1. The summed E-state index contributed by atoms with van der Waals surface area (Å²) in [6.45, 7) is 4.15. The molecule has 2 aromatic rings. The predicted octanol–water partition coefficient (Wildman–Crippen LogP) is 2.99. The van der Waals surface area contributed by atoms with Crippen LogP contribution in [0.3, 0.4) is 0 Å². The Morgan fingerprint density at radius 2 is 2.36 bits per heavy atom. The van der Waals surface area contributed by atoms with Crippen LogP contribution in [0, 0.1) is 0 Å². The molecule has 0 aromatic carbocycles. The molecule has 2 heterocycles. The fourth-order valence-corrected chi connectivity index (χ4v) is 2.69. The maximum absolute atomic E-state index is 10.8. The van der Waals surface area contributed by atoms with Gasteiger partial charge in [0.1, 0.15) is 5.69 Å². The quantitative estimate of drug-likeness (QED) is 0.741. The molecule has 0 aliphatic rings. The van der Waals surface area contributed by atoms with Gasteiger partial charge in [0.15, 0.2) is 16.4 Å². The molecule has 0 fully saturated rings. The third-order valence-electron chi connectivity index (χ3n) is 2.08. The van der Waals surface area contributed by atoms with E-state index in [2.05, 4.69) is 18.8 Å². The van der Waals surface area contributed by atoms with Crippen molar-refractivity contribution in [2.75, 3.05) is 0 Å². The van der Waals surface area contributed by atoms with Crippen LogP contribution in [-0.4, -0.2) is 15.7 Å². The van der Waals surface area contributed by atoms with Crippen molar-refractivity contribution in [2.45, 2.75) is 19.8 Å². The van der Waals surface area contributed by atoms with Gasteiger partial charge < -0.3 is 0 Å². The summed E-state index contributed by atoms with van der Waals surface area (Å²) in [5.74, 6) is 0.354. The minimum Gasteiger partial charge on any atom is -0.296 e. The van der Waals surface area contributed by atoms with Crippen molar-refractivity contribution >= 4 is 34.2 Å². The Balaban J connectivity index is 2.80. The molecule has 0 bridgehead atoms. The van der Waals surface area contributed by atoms with Gasteiger partial charge in [-0.25, -0.2) is 4.98 Å². The number of aromatic nitrogens is 2. The molecule has 74 valence electrons. The second-order valence-electron chi connectivity index (χ2n) is 3.34. The molecule has 0 spiro atoms. The maximum atomic E-state index is 10.8. The van der Waals surface area contributed by atoms with Gasteiger partial charge in [0, 0.05) is 11.1 Å². The minimum absolute atomic E-state index is 0.286. The first kappa shape index (κ1) is 9.68. The first-order chi connectivity index (χ1) is 6.65. The van der Waals surface area contributed by atoms with Crippen LogP contribution < -0.4 is 0 Å². The van der Waals surface area contributed by atoms with Crippen LogP contribution in [0.15, 0.2) is 5.38 Å². The summed E-state index contributed by atoms with van der Waals surface area (Å²) in [4.78, 5) is 15.7. The second-order valence-corrected chi connectivity index (χ2v) is 4.53. The van der Waals surface area contributed by atoms with Crippen molar-refractivity contribution in [3.63, 3.8) is 0 Å². The smallest absolute Gasteiger partial charge is 0.195 e. The van der Waals surface area contributed by atoms with Gasteiger partial charge in [-0.2, -0.15) is 0 Å². The van der Waals surface area contributed by atoms with Gasteiger partial charge in [-0.05, 0) is 5.92 Å². The molecule has 2 rings (SSSR count). The summed E-state index contributed by atoms with van der Waals surface area (Å²) in [5.41, 5.74) is 1.53. The number of fused-ring (bicyclic) bond motifs is 1. The molecule has 0 aliphatic carbocycles. The number of hydrogen-bond donors (Lipinski definition) is 0. The normalized spacial score (nSPS) is 11.4. The van der Waals surface area contributed by atoms with Gasteiger partial charge in [0.05, 0.1) is 0 Å². The van der Waals surface area contributed by atoms with Crippen molar-refractivity contribution in [3.05, 3.63) is 21.9 Å². The number of halogens is 1. The Labute approximate surface area is 90.3 Å². The molecule has 0 saturated carbocycles. The number of aldehydes is 1. The predicted molar refractivity (Wildman–Crippen MR) is 57.6 cm³/mol. The van der Waals surface area contributed by atoms with Gasteiger partial charge in [-0.1, -0.05) is 25.4 Å². The number of hydrogen-bond acceptors (Lipinski definition) is 3. The highest BCUT2D eigenvalue weighted by molar-refractivity contribution is 7.15. The van der Waals surface area contributed by atoms with Gasteiger partial charge in [-0.15, -0.1) is 11.3 Å². The largest absolute Gasteiger partial charge is 0.296 e. The molecule has 0 N–H and O–H groups in total. The van der Waals surface area contributed by atoms with Gasteiger partial charge in [0.25, 0.3) is 0 Å².